The Kier molecular flexibility index (Phi) is 4.79. The molecule has 2 heterocycles. The lowest BCUT2D eigenvalue weighted by molar-refractivity contribution is -0.176. The van der Waals surface area contributed by atoms with Gasteiger partial charge in [0.05, 0.1) is 6.54 Å². The minimum atomic E-state index is -0.897. The summed E-state index contributed by atoms with van der Waals surface area (Å²) in [4.78, 5) is 26.9. The maximum absolute atomic E-state index is 13.2. The highest BCUT2D eigenvalue weighted by Crippen LogP contribution is 2.49. The minimum Gasteiger partial charge on any atom is -0.492 e. The fraction of sp³-hybridized carbons (Fsp3) is 0.333. The molecule has 2 aromatic carbocycles. The molecule has 2 amide bonds. The summed E-state index contributed by atoms with van der Waals surface area (Å²) in [7, 11) is 0. The molecule has 146 valence electrons. The van der Waals surface area contributed by atoms with E-state index in [9.17, 15) is 9.59 Å². The van der Waals surface area contributed by atoms with Gasteiger partial charge < -0.3 is 20.1 Å². The number of ether oxygens (including phenoxy) is 2. The Morgan fingerprint density at radius 3 is 2.71 bits per heavy atom. The molecule has 2 N–H and O–H groups in total. The van der Waals surface area contributed by atoms with E-state index in [-0.39, 0.29) is 18.4 Å². The van der Waals surface area contributed by atoms with Crippen LogP contribution < -0.4 is 15.2 Å². The number of likely N-dealkylation sites (tertiary alicyclic amines) is 1. The molecule has 2 aliphatic heterocycles. The van der Waals surface area contributed by atoms with Crippen molar-refractivity contribution in [2.75, 3.05) is 13.2 Å². The molecular formula is C21H21BrN2O4. The Labute approximate surface area is 171 Å². The van der Waals surface area contributed by atoms with Gasteiger partial charge in [-0.05, 0) is 42.8 Å². The van der Waals surface area contributed by atoms with Gasteiger partial charge in [-0.1, -0.05) is 34.1 Å². The van der Waals surface area contributed by atoms with Crippen LogP contribution in [-0.2, 0) is 9.59 Å². The number of carbonyl (C=O) groups is 2. The zero-order chi connectivity index (χ0) is 19.9. The van der Waals surface area contributed by atoms with Crippen molar-refractivity contribution in [3.8, 4) is 11.5 Å². The molecular weight excluding hydrogens is 424 g/mol. The van der Waals surface area contributed by atoms with Crippen LogP contribution in [0.2, 0.25) is 0 Å². The van der Waals surface area contributed by atoms with Gasteiger partial charge in [0.2, 0.25) is 11.8 Å². The van der Waals surface area contributed by atoms with Gasteiger partial charge in [-0.15, -0.1) is 0 Å². The standard InChI is InChI=1S/C21H21BrN2O4/c1-21-12-16(15-4-2-3-5-17(15)28-21)18(19(23)25)20(26)24(21)10-11-27-14-8-6-13(22)7-9-14/h2-9,16,18H,10-12H2,1H3,(H2,23,25). The van der Waals surface area contributed by atoms with Crippen molar-refractivity contribution in [2.45, 2.75) is 25.0 Å². The number of piperidine rings is 1. The van der Waals surface area contributed by atoms with Crippen molar-refractivity contribution in [1.29, 1.82) is 0 Å². The first-order chi connectivity index (χ1) is 13.4. The molecule has 7 heteroatoms. The van der Waals surface area contributed by atoms with Gasteiger partial charge >= 0.3 is 0 Å². The predicted molar refractivity (Wildman–Crippen MR) is 107 cm³/mol. The van der Waals surface area contributed by atoms with Gasteiger partial charge in [0, 0.05) is 16.8 Å². The molecule has 6 nitrogen and oxygen atoms in total. The van der Waals surface area contributed by atoms with E-state index < -0.39 is 17.6 Å². The number of benzene rings is 2. The molecule has 3 unspecified atom stereocenters. The highest BCUT2D eigenvalue weighted by molar-refractivity contribution is 9.10. The molecule has 1 saturated heterocycles. The van der Waals surface area contributed by atoms with Crippen LogP contribution in [0.25, 0.3) is 0 Å². The van der Waals surface area contributed by atoms with E-state index in [2.05, 4.69) is 15.9 Å². The van der Waals surface area contributed by atoms with Crippen LogP contribution in [0.5, 0.6) is 11.5 Å². The first-order valence-corrected chi connectivity index (χ1v) is 9.95. The molecule has 4 rings (SSSR count). The molecule has 2 aliphatic rings. The molecule has 0 radical (unpaired) electrons. The number of hydrogen-bond acceptors (Lipinski definition) is 4. The molecule has 2 aromatic rings. The number of halogens is 1. The summed E-state index contributed by atoms with van der Waals surface area (Å²) in [5, 5.41) is 0. The summed E-state index contributed by atoms with van der Waals surface area (Å²) >= 11 is 3.38. The molecule has 0 spiro atoms. The Hall–Kier alpha value is -2.54. The van der Waals surface area contributed by atoms with Crippen LogP contribution in [0, 0.1) is 5.92 Å². The Morgan fingerprint density at radius 2 is 2.00 bits per heavy atom. The van der Waals surface area contributed by atoms with Crippen LogP contribution in [0.4, 0.5) is 0 Å². The van der Waals surface area contributed by atoms with Crippen molar-refractivity contribution in [2.24, 2.45) is 11.7 Å². The second kappa shape index (κ2) is 7.13. The van der Waals surface area contributed by atoms with Crippen molar-refractivity contribution in [3.63, 3.8) is 0 Å². The fourth-order valence-electron chi connectivity index (χ4n) is 4.16. The van der Waals surface area contributed by atoms with E-state index in [1.807, 2.05) is 55.5 Å². The Balaban J connectivity index is 1.58. The summed E-state index contributed by atoms with van der Waals surface area (Å²) in [6.07, 6.45) is 0.516. The molecule has 2 bridgehead atoms. The zero-order valence-corrected chi connectivity index (χ0v) is 17.0. The monoisotopic (exact) mass is 444 g/mol. The number of primary amides is 1. The van der Waals surface area contributed by atoms with E-state index >= 15 is 0 Å². The summed E-state index contributed by atoms with van der Waals surface area (Å²) in [5.41, 5.74) is 5.65. The number of rotatable bonds is 5. The second-order valence-corrected chi connectivity index (χ2v) is 8.21. The fourth-order valence-corrected chi connectivity index (χ4v) is 4.43. The van der Waals surface area contributed by atoms with E-state index in [0.717, 1.165) is 10.0 Å². The van der Waals surface area contributed by atoms with Crippen LogP contribution in [0.1, 0.15) is 24.8 Å². The van der Waals surface area contributed by atoms with E-state index in [4.69, 9.17) is 15.2 Å². The number of carbonyl (C=O) groups excluding carboxylic acids is 2. The summed E-state index contributed by atoms with van der Waals surface area (Å²) in [5.74, 6) is -0.682. The second-order valence-electron chi connectivity index (χ2n) is 7.30. The number of fused-ring (bicyclic) bond motifs is 4. The zero-order valence-electron chi connectivity index (χ0n) is 15.4. The number of nitrogens with two attached hydrogens (primary N) is 1. The van der Waals surface area contributed by atoms with E-state index in [1.165, 1.54) is 0 Å². The third kappa shape index (κ3) is 3.24. The SMILES string of the molecule is CC12CC(c3ccccc3O1)C(C(N)=O)C(=O)N2CCOc1ccc(Br)cc1. The molecule has 3 atom stereocenters. The van der Waals surface area contributed by atoms with Gasteiger partial charge in [0.15, 0.2) is 5.72 Å². The lowest BCUT2D eigenvalue weighted by Gasteiger charge is -2.52. The van der Waals surface area contributed by atoms with E-state index in [1.54, 1.807) is 4.90 Å². The maximum atomic E-state index is 13.2. The molecule has 28 heavy (non-hydrogen) atoms. The number of hydrogen-bond donors (Lipinski definition) is 1. The smallest absolute Gasteiger partial charge is 0.238 e. The third-order valence-corrected chi connectivity index (χ3v) is 5.98. The summed E-state index contributed by atoms with van der Waals surface area (Å²) in [6, 6.07) is 15.0. The van der Waals surface area contributed by atoms with Gasteiger partial charge in [0.1, 0.15) is 24.0 Å². The predicted octanol–water partition coefficient (Wildman–Crippen LogP) is 3.05. The molecule has 0 aromatic heterocycles. The maximum Gasteiger partial charge on any atom is 0.238 e. The van der Waals surface area contributed by atoms with Crippen molar-refractivity contribution in [3.05, 3.63) is 58.6 Å². The van der Waals surface area contributed by atoms with Crippen LogP contribution in [0.15, 0.2) is 53.0 Å². The number of amides is 2. The van der Waals surface area contributed by atoms with Gasteiger partial charge in [-0.3, -0.25) is 9.59 Å². The van der Waals surface area contributed by atoms with Gasteiger partial charge in [-0.2, -0.15) is 0 Å². The Morgan fingerprint density at radius 1 is 1.29 bits per heavy atom. The van der Waals surface area contributed by atoms with Crippen LogP contribution in [0.3, 0.4) is 0 Å². The van der Waals surface area contributed by atoms with Crippen LogP contribution >= 0.6 is 15.9 Å². The molecule has 1 fully saturated rings. The third-order valence-electron chi connectivity index (χ3n) is 5.46. The Bertz CT molecular complexity index is 917. The highest BCUT2D eigenvalue weighted by atomic mass is 79.9. The lowest BCUT2D eigenvalue weighted by Crippen LogP contribution is -2.65. The van der Waals surface area contributed by atoms with Crippen molar-refractivity contribution < 1.29 is 19.1 Å². The molecule has 0 saturated carbocycles. The molecule has 0 aliphatic carbocycles. The number of nitrogens with zero attached hydrogens (tertiary/aromatic N) is 1. The van der Waals surface area contributed by atoms with E-state index in [0.29, 0.717) is 24.5 Å². The average Bonchev–Trinajstić information content (AvgIpc) is 2.65. The van der Waals surface area contributed by atoms with Crippen molar-refractivity contribution in [1.82, 2.24) is 4.90 Å². The van der Waals surface area contributed by atoms with Crippen LogP contribution in [-0.4, -0.2) is 35.6 Å². The average molecular weight is 445 g/mol. The first kappa shape index (κ1) is 18.8. The van der Waals surface area contributed by atoms with Crippen molar-refractivity contribution >= 4 is 27.7 Å². The highest BCUT2D eigenvalue weighted by Gasteiger charge is 2.55. The first-order valence-electron chi connectivity index (χ1n) is 9.16. The number of para-hydroxylation sites is 1. The van der Waals surface area contributed by atoms with Gasteiger partial charge in [-0.25, -0.2) is 0 Å². The quantitative estimate of drug-likeness (QED) is 0.718. The normalized spacial score (nSPS) is 25.6. The topological polar surface area (TPSA) is 81.9 Å². The lowest BCUT2D eigenvalue weighted by atomic mass is 9.73. The summed E-state index contributed by atoms with van der Waals surface area (Å²) < 4.78 is 12.9. The van der Waals surface area contributed by atoms with Gasteiger partial charge in [0.25, 0.3) is 0 Å². The summed E-state index contributed by atoms with van der Waals surface area (Å²) in [6.45, 7) is 2.46. The largest absolute Gasteiger partial charge is 0.492 e. The minimum absolute atomic E-state index is 0.274.